The zero-order valence-electron chi connectivity index (χ0n) is 14.1. The van der Waals surface area contributed by atoms with Crippen molar-refractivity contribution in [2.75, 3.05) is 26.4 Å². The molecule has 0 fully saturated rings. The van der Waals surface area contributed by atoms with Gasteiger partial charge in [-0.3, -0.25) is 4.68 Å². The average Bonchev–Trinajstić information content (AvgIpc) is 3.28. The number of hydrogen-bond donors (Lipinski definition) is 2. The van der Waals surface area contributed by atoms with Crippen LogP contribution in [0.2, 0.25) is 0 Å². The number of hydrogen-bond acceptors (Lipinski definition) is 5. The van der Waals surface area contributed by atoms with E-state index < -0.39 is 0 Å². The minimum atomic E-state index is 0.0643. The third kappa shape index (κ3) is 5.24. The van der Waals surface area contributed by atoms with Crippen molar-refractivity contribution >= 4 is 11.3 Å². The molecule has 25 heavy (non-hydrogen) atoms. The summed E-state index contributed by atoms with van der Waals surface area (Å²) in [5.41, 5.74) is 3.45. The summed E-state index contributed by atoms with van der Waals surface area (Å²) in [6, 6.07) is 14.5. The van der Waals surface area contributed by atoms with Gasteiger partial charge in [0, 0.05) is 24.8 Å². The number of ether oxygens (including phenoxy) is 1. The number of aliphatic hydroxyl groups is 1. The number of nitrogens with one attached hydrogen (secondary N) is 1. The number of rotatable bonds is 10. The predicted octanol–water partition coefficient (Wildman–Crippen LogP) is 2.76. The Morgan fingerprint density at radius 3 is 2.76 bits per heavy atom. The van der Waals surface area contributed by atoms with E-state index in [0.717, 1.165) is 25.3 Å². The van der Waals surface area contributed by atoms with Crippen molar-refractivity contribution < 1.29 is 9.84 Å². The monoisotopic (exact) mass is 357 g/mol. The number of aliphatic hydroxyl groups excluding tert-OH is 1. The second-order valence-electron chi connectivity index (χ2n) is 5.68. The van der Waals surface area contributed by atoms with Crippen molar-refractivity contribution in [2.24, 2.45) is 0 Å². The molecular weight excluding hydrogens is 334 g/mol. The van der Waals surface area contributed by atoms with Gasteiger partial charge in [-0.05, 0) is 17.0 Å². The summed E-state index contributed by atoms with van der Waals surface area (Å²) in [4.78, 5) is 1.18. The molecule has 3 aromatic rings. The second kappa shape index (κ2) is 9.48. The van der Waals surface area contributed by atoms with Crippen molar-refractivity contribution in [2.45, 2.75) is 13.1 Å². The molecule has 0 radical (unpaired) electrons. The largest absolute Gasteiger partial charge is 0.394 e. The summed E-state index contributed by atoms with van der Waals surface area (Å²) >= 11 is 1.70. The van der Waals surface area contributed by atoms with Crippen molar-refractivity contribution in [3.8, 4) is 10.6 Å². The first kappa shape index (κ1) is 17.8. The number of thiophene rings is 1. The quantitative estimate of drug-likeness (QED) is 0.548. The highest BCUT2D eigenvalue weighted by molar-refractivity contribution is 7.13. The molecule has 0 atom stereocenters. The highest BCUT2D eigenvalue weighted by Crippen LogP contribution is 2.26. The fraction of sp³-hybridized carbons (Fsp3) is 0.316. The second-order valence-corrected chi connectivity index (χ2v) is 6.62. The molecule has 0 amide bonds. The molecule has 2 aromatic heterocycles. The SMILES string of the molecule is OCCOCCNCc1cn(Cc2ccccc2)nc1-c1cccs1. The summed E-state index contributed by atoms with van der Waals surface area (Å²) in [5, 5.41) is 19.0. The van der Waals surface area contributed by atoms with Gasteiger partial charge in [-0.2, -0.15) is 5.10 Å². The van der Waals surface area contributed by atoms with Crippen molar-refractivity contribution in [1.29, 1.82) is 0 Å². The van der Waals surface area contributed by atoms with Gasteiger partial charge in [-0.1, -0.05) is 36.4 Å². The third-order valence-corrected chi connectivity index (χ3v) is 4.63. The first-order valence-electron chi connectivity index (χ1n) is 8.40. The van der Waals surface area contributed by atoms with Crippen LogP contribution in [0.5, 0.6) is 0 Å². The van der Waals surface area contributed by atoms with Gasteiger partial charge in [-0.15, -0.1) is 11.3 Å². The van der Waals surface area contributed by atoms with Gasteiger partial charge in [0.2, 0.25) is 0 Å². The smallest absolute Gasteiger partial charge is 0.107 e. The standard InChI is InChI=1S/C19H23N3O2S/c23-9-11-24-10-8-20-13-17-15-22(14-16-5-2-1-3-6-16)21-19(17)18-7-4-12-25-18/h1-7,12,15,20,23H,8-11,13-14H2. The average molecular weight is 357 g/mol. The predicted molar refractivity (Wildman–Crippen MR) is 101 cm³/mol. The lowest BCUT2D eigenvalue weighted by atomic mass is 10.2. The van der Waals surface area contributed by atoms with E-state index in [4.69, 9.17) is 14.9 Å². The fourth-order valence-electron chi connectivity index (χ4n) is 2.60. The van der Waals surface area contributed by atoms with Crippen LogP contribution in [0, 0.1) is 0 Å². The van der Waals surface area contributed by atoms with Crippen LogP contribution in [-0.2, 0) is 17.8 Å². The van der Waals surface area contributed by atoms with Crippen LogP contribution in [-0.4, -0.2) is 41.3 Å². The van der Waals surface area contributed by atoms with Crippen molar-refractivity contribution in [3.05, 3.63) is 65.2 Å². The van der Waals surface area contributed by atoms with Crippen LogP contribution in [0.25, 0.3) is 10.6 Å². The molecular formula is C19H23N3O2S. The van der Waals surface area contributed by atoms with Crippen LogP contribution >= 0.6 is 11.3 Å². The third-order valence-electron chi connectivity index (χ3n) is 3.75. The highest BCUT2D eigenvalue weighted by Gasteiger charge is 2.12. The van der Waals surface area contributed by atoms with E-state index in [1.54, 1.807) is 11.3 Å². The zero-order chi connectivity index (χ0) is 17.3. The van der Waals surface area contributed by atoms with E-state index in [9.17, 15) is 0 Å². The molecule has 1 aromatic carbocycles. The minimum absolute atomic E-state index is 0.0643. The summed E-state index contributed by atoms with van der Waals surface area (Å²) in [6.07, 6.45) is 2.11. The Morgan fingerprint density at radius 1 is 1.12 bits per heavy atom. The van der Waals surface area contributed by atoms with Gasteiger partial charge in [0.15, 0.2) is 0 Å². The summed E-state index contributed by atoms with van der Waals surface area (Å²) in [7, 11) is 0. The normalized spacial score (nSPS) is 11.1. The first-order valence-corrected chi connectivity index (χ1v) is 9.28. The van der Waals surface area contributed by atoms with Crippen LogP contribution in [0.1, 0.15) is 11.1 Å². The van der Waals surface area contributed by atoms with Gasteiger partial charge >= 0.3 is 0 Å². The molecule has 0 aliphatic heterocycles. The summed E-state index contributed by atoms with van der Waals surface area (Å²) in [5.74, 6) is 0. The van der Waals surface area contributed by atoms with E-state index in [2.05, 4.69) is 41.2 Å². The van der Waals surface area contributed by atoms with E-state index in [0.29, 0.717) is 13.2 Å². The Morgan fingerprint density at radius 2 is 2.00 bits per heavy atom. The molecule has 0 unspecified atom stereocenters. The van der Waals surface area contributed by atoms with E-state index in [1.807, 2.05) is 22.9 Å². The summed E-state index contributed by atoms with van der Waals surface area (Å²) < 4.78 is 7.28. The van der Waals surface area contributed by atoms with Gasteiger partial charge < -0.3 is 15.2 Å². The first-order chi connectivity index (χ1) is 12.4. The molecule has 0 spiro atoms. The Balaban J connectivity index is 1.67. The van der Waals surface area contributed by atoms with Crippen LogP contribution < -0.4 is 5.32 Å². The Hall–Kier alpha value is -1.99. The molecule has 0 bridgehead atoms. The lowest BCUT2D eigenvalue weighted by Gasteiger charge is -2.05. The van der Waals surface area contributed by atoms with Crippen molar-refractivity contribution in [1.82, 2.24) is 15.1 Å². The van der Waals surface area contributed by atoms with E-state index in [1.165, 1.54) is 16.0 Å². The molecule has 2 N–H and O–H groups in total. The number of aromatic nitrogens is 2. The molecule has 0 aliphatic carbocycles. The maximum absolute atomic E-state index is 8.71. The van der Waals surface area contributed by atoms with Gasteiger partial charge in [0.25, 0.3) is 0 Å². The fourth-order valence-corrected chi connectivity index (χ4v) is 3.34. The maximum Gasteiger partial charge on any atom is 0.107 e. The number of benzene rings is 1. The minimum Gasteiger partial charge on any atom is -0.394 e. The van der Waals surface area contributed by atoms with Crippen LogP contribution in [0.15, 0.2) is 54.0 Å². The maximum atomic E-state index is 8.71. The lowest BCUT2D eigenvalue weighted by Crippen LogP contribution is -2.20. The molecule has 5 nitrogen and oxygen atoms in total. The van der Waals surface area contributed by atoms with Crippen molar-refractivity contribution in [3.63, 3.8) is 0 Å². The Bertz CT molecular complexity index is 741. The Kier molecular flexibility index (Phi) is 6.76. The molecule has 6 heteroatoms. The highest BCUT2D eigenvalue weighted by atomic mass is 32.1. The van der Waals surface area contributed by atoms with Crippen LogP contribution in [0.3, 0.4) is 0 Å². The Labute approximate surface area is 151 Å². The summed E-state index contributed by atoms with van der Waals surface area (Å²) in [6.45, 7) is 3.29. The molecule has 0 saturated heterocycles. The number of nitrogens with zero attached hydrogens (tertiary/aromatic N) is 2. The van der Waals surface area contributed by atoms with Crippen LogP contribution in [0.4, 0.5) is 0 Å². The molecule has 0 aliphatic rings. The molecule has 2 heterocycles. The topological polar surface area (TPSA) is 59.3 Å². The van der Waals surface area contributed by atoms with E-state index >= 15 is 0 Å². The lowest BCUT2D eigenvalue weighted by molar-refractivity contribution is 0.0938. The zero-order valence-corrected chi connectivity index (χ0v) is 14.9. The molecule has 132 valence electrons. The molecule has 3 rings (SSSR count). The van der Waals surface area contributed by atoms with Gasteiger partial charge in [-0.25, -0.2) is 0 Å². The molecule has 0 saturated carbocycles. The van der Waals surface area contributed by atoms with Gasteiger partial charge in [0.05, 0.1) is 31.2 Å². The van der Waals surface area contributed by atoms with Gasteiger partial charge in [0.1, 0.15) is 5.69 Å². The van der Waals surface area contributed by atoms with E-state index in [-0.39, 0.29) is 6.61 Å².